The summed E-state index contributed by atoms with van der Waals surface area (Å²) in [7, 11) is 0. The van der Waals surface area contributed by atoms with Crippen LogP contribution < -0.4 is 15.4 Å². The average Bonchev–Trinajstić information content (AvgIpc) is 3.37. The predicted molar refractivity (Wildman–Crippen MR) is 104 cm³/mol. The number of morpholine rings is 1. The molecule has 3 aliphatic rings. The van der Waals surface area contributed by atoms with Crippen molar-refractivity contribution in [1.29, 1.82) is 0 Å². The van der Waals surface area contributed by atoms with Crippen LogP contribution in [-0.4, -0.2) is 64.4 Å². The van der Waals surface area contributed by atoms with Crippen LogP contribution in [-0.2, 0) is 11.3 Å². The maximum Gasteiger partial charge on any atom is 0.408 e. The molecule has 2 fully saturated rings. The molecule has 0 spiro atoms. The highest BCUT2D eigenvalue weighted by atomic mass is 19.4. The normalized spacial score (nSPS) is 25.1. The number of fused-ring (bicyclic) bond motifs is 3. The van der Waals surface area contributed by atoms with Crippen molar-refractivity contribution in [2.75, 3.05) is 29.5 Å². The van der Waals surface area contributed by atoms with E-state index in [-0.39, 0.29) is 36.6 Å². The molecule has 0 saturated carbocycles. The molecule has 0 aromatic carbocycles. The van der Waals surface area contributed by atoms with Crippen molar-refractivity contribution >= 4 is 17.5 Å². The molecule has 0 aliphatic carbocycles. The van der Waals surface area contributed by atoms with E-state index in [0.29, 0.717) is 19.0 Å². The summed E-state index contributed by atoms with van der Waals surface area (Å²) < 4.78 is 48.4. The number of ether oxygens (including phenoxy) is 1. The number of anilines is 2. The monoisotopic (exact) mass is 435 g/mol. The second-order valence-corrected chi connectivity index (χ2v) is 8.03. The van der Waals surface area contributed by atoms with E-state index in [2.05, 4.69) is 9.97 Å². The highest BCUT2D eigenvalue weighted by Gasteiger charge is 2.48. The zero-order valence-corrected chi connectivity index (χ0v) is 16.5. The number of halogens is 3. The van der Waals surface area contributed by atoms with Gasteiger partial charge in [0.1, 0.15) is 11.9 Å². The van der Waals surface area contributed by atoms with Crippen molar-refractivity contribution in [2.24, 2.45) is 0 Å². The van der Waals surface area contributed by atoms with E-state index in [1.807, 2.05) is 4.90 Å². The van der Waals surface area contributed by atoms with Crippen LogP contribution in [0.5, 0.6) is 0 Å². The molecule has 0 radical (unpaired) electrons. The molecule has 2 saturated heterocycles. The van der Waals surface area contributed by atoms with Gasteiger partial charge in [0, 0.05) is 37.1 Å². The van der Waals surface area contributed by atoms with E-state index < -0.39 is 30.1 Å². The molecule has 2 bridgehead atoms. The Labute approximate surface area is 175 Å². The van der Waals surface area contributed by atoms with Crippen molar-refractivity contribution in [3.05, 3.63) is 46.5 Å². The van der Waals surface area contributed by atoms with Crippen LogP contribution in [0.3, 0.4) is 0 Å². The van der Waals surface area contributed by atoms with Crippen molar-refractivity contribution < 1.29 is 22.7 Å². The minimum atomic E-state index is -4.57. The van der Waals surface area contributed by atoms with Crippen molar-refractivity contribution in [3.63, 3.8) is 0 Å². The summed E-state index contributed by atoms with van der Waals surface area (Å²) >= 11 is 0. The highest BCUT2D eigenvalue weighted by molar-refractivity contribution is 5.99. The molecule has 164 valence electrons. The summed E-state index contributed by atoms with van der Waals surface area (Å²) in [4.78, 5) is 36.6. The van der Waals surface area contributed by atoms with Crippen molar-refractivity contribution in [3.8, 4) is 0 Å². The topological polar surface area (TPSA) is 80.6 Å². The lowest BCUT2D eigenvalue weighted by molar-refractivity contribution is -0.152. The van der Waals surface area contributed by atoms with Crippen LogP contribution in [0.1, 0.15) is 23.2 Å². The smallest absolute Gasteiger partial charge is 0.374 e. The Kier molecular flexibility index (Phi) is 4.72. The van der Waals surface area contributed by atoms with Gasteiger partial charge in [-0.3, -0.25) is 19.1 Å². The Morgan fingerprint density at radius 2 is 2.03 bits per heavy atom. The average molecular weight is 435 g/mol. The van der Waals surface area contributed by atoms with Crippen LogP contribution in [0.4, 0.5) is 24.9 Å². The number of rotatable bonds is 4. The molecule has 2 unspecified atom stereocenters. The van der Waals surface area contributed by atoms with Gasteiger partial charge >= 0.3 is 6.18 Å². The molecular weight excluding hydrogens is 415 g/mol. The van der Waals surface area contributed by atoms with Gasteiger partial charge in [-0.25, -0.2) is 0 Å². The summed E-state index contributed by atoms with van der Waals surface area (Å²) in [5.74, 6) is -0.295. The zero-order chi connectivity index (χ0) is 21.8. The second-order valence-electron chi connectivity index (χ2n) is 8.03. The van der Waals surface area contributed by atoms with E-state index in [9.17, 15) is 22.8 Å². The van der Waals surface area contributed by atoms with Gasteiger partial charge < -0.3 is 14.5 Å². The largest absolute Gasteiger partial charge is 0.408 e. The quantitative estimate of drug-likeness (QED) is 0.676. The summed E-state index contributed by atoms with van der Waals surface area (Å²) in [5.41, 5.74) is -0.175. The Balaban J connectivity index is 1.54. The van der Waals surface area contributed by atoms with E-state index in [1.165, 1.54) is 35.2 Å². The number of pyridine rings is 1. The summed E-state index contributed by atoms with van der Waals surface area (Å²) in [6.45, 7) is 0.388. The first-order chi connectivity index (χ1) is 14.8. The molecule has 5 rings (SSSR count). The van der Waals surface area contributed by atoms with Gasteiger partial charge in [0.2, 0.25) is 5.95 Å². The lowest BCUT2D eigenvalue weighted by atomic mass is 10.1. The fourth-order valence-corrected chi connectivity index (χ4v) is 4.59. The fourth-order valence-electron chi connectivity index (χ4n) is 4.59. The first-order valence-electron chi connectivity index (χ1n) is 10.1. The molecule has 3 aliphatic heterocycles. The third kappa shape index (κ3) is 3.56. The minimum absolute atomic E-state index is 0.0397. The maximum absolute atomic E-state index is 13.9. The van der Waals surface area contributed by atoms with Gasteiger partial charge in [0.15, 0.2) is 5.78 Å². The Morgan fingerprint density at radius 1 is 1.26 bits per heavy atom. The second kappa shape index (κ2) is 7.33. The minimum Gasteiger partial charge on any atom is -0.374 e. The number of nitrogens with zero attached hydrogens (tertiary/aromatic N) is 5. The maximum atomic E-state index is 13.9. The number of Topliss-reactive ketones (excluding diaryl/α,β-unsaturated/α-hetero) is 1. The van der Waals surface area contributed by atoms with Gasteiger partial charge in [-0.2, -0.15) is 18.2 Å². The number of hydrogen-bond donors (Lipinski definition) is 0. The summed E-state index contributed by atoms with van der Waals surface area (Å²) in [6, 6.07) is 2.41. The van der Waals surface area contributed by atoms with E-state index in [4.69, 9.17) is 4.74 Å². The first kappa shape index (κ1) is 20.0. The first-order valence-corrected chi connectivity index (χ1v) is 10.1. The van der Waals surface area contributed by atoms with Gasteiger partial charge in [0.25, 0.3) is 5.56 Å². The van der Waals surface area contributed by atoms with Crippen LogP contribution in [0.15, 0.2) is 35.4 Å². The molecule has 0 amide bonds. The molecule has 11 heteroatoms. The standard InChI is InChI=1S/C20H20F3N5O3/c21-20(22,23)16-3-6-26-18(30)8-17(27-9-14-7-13(27)11-31-14)25-19(26)28(16)10-15(29)12-1-4-24-5-2-12/h1-2,4-5,8,13-14,16H,3,6-7,9-11H2/t13?,14?,16-/m0/s1. The predicted octanol–water partition coefficient (Wildman–Crippen LogP) is 1.64. The third-order valence-electron chi connectivity index (χ3n) is 6.12. The van der Waals surface area contributed by atoms with E-state index >= 15 is 0 Å². The van der Waals surface area contributed by atoms with Gasteiger partial charge in [0.05, 0.1) is 25.3 Å². The molecule has 31 heavy (non-hydrogen) atoms. The van der Waals surface area contributed by atoms with E-state index in [1.54, 1.807) is 0 Å². The zero-order valence-electron chi connectivity index (χ0n) is 16.5. The summed E-state index contributed by atoms with van der Waals surface area (Å²) in [6.07, 6.45) is -1.25. The molecule has 5 heterocycles. The van der Waals surface area contributed by atoms with Crippen molar-refractivity contribution in [1.82, 2.24) is 14.5 Å². The Morgan fingerprint density at radius 3 is 2.68 bits per heavy atom. The summed E-state index contributed by atoms with van der Waals surface area (Å²) in [5, 5.41) is 0. The molecule has 8 nitrogen and oxygen atoms in total. The molecule has 2 aromatic rings. The van der Waals surface area contributed by atoms with Crippen LogP contribution >= 0.6 is 0 Å². The van der Waals surface area contributed by atoms with Crippen LogP contribution in [0.2, 0.25) is 0 Å². The fraction of sp³-hybridized carbons (Fsp3) is 0.500. The lowest BCUT2D eigenvalue weighted by Crippen LogP contribution is -2.54. The molecule has 2 aromatic heterocycles. The number of alkyl halides is 3. The Hall–Kier alpha value is -2.95. The number of carbonyl (C=O) groups is 1. The van der Waals surface area contributed by atoms with Crippen molar-refractivity contribution in [2.45, 2.75) is 43.8 Å². The van der Waals surface area contributed by atoms with Gasteiger partial charge in [-0.1, -0.05) is 0 Å². The lowest BCUT2D eigenvalue weighted by Gasteiger charge is -2.39. The number of carbonyl (C=O) groups excluding carboxylic acids is 1. The van der Waals surface area contributed by atoms with Gasteiger partial charge in [-0.05, 0) is 25.0 Å². The van der Waals surface area contributed by atoms with E-state index in [0.717, 1.165) is 11.3 Å². The molecule has 0 N–H and O–H groups in total. The van der Waals surface area contributed by atoms with Crippen LogP contribution in [0.25, 0.3) is 0 Å². The number of hydrogen-bond acceptors (Lipinski definition) is 7. The number of aromatic nitrogens is 3. The third-order valence-corrected chi connectivity index (χ3v) is 6.12. The molecule has 3 atom stereocenters. The van der Waals surface area contributed by atoms with Crippen LogP contribution in [0, 0.1) is 0 Å². The Bertz CT molecular complexity index is 1060. The molecular formula is C20H20F3N5O3. The number of ketones is 1. The van der Waals surface area contributed by atoms with Gasteiger partial charge in [-0.15, -0.1) is 0 Å². The highest BCUT2D eigenvalue weighted by Crippen LogP contribution is 2.36. The SMILES string of the molecule is O=C(CN1c2nc(N3CC4CC3CO4)cc(=O)n2CC[C@H]1C(F)(F)F)c1ccncc1.